The van der Waals surface area contributed by atoms with Gasteiger partial charge in [-0.25, -0.2) is 9.78 Å². The fourth-order valence-corrected chi connectivity index (χ4v) is 3.67. The number of nitrogens with two attached hydrogens (primary N) is 1. The first-order valence-corrected chi connectivity index (χ1v) is 11.9. The fourth-order valence-electron chi connectivity index (χ4n) is 3.67. The summed E-state index contributed by atoms with van der Waals surface area (Å²) in [5, 5.41) is 26.4. The Morgan fingerprint density at radius 2 is 1.53 bits per heavy atom. The van der Waals surface area contributed by atoms with Gasteiger partial charge in [0.05, 0.1) is 18.9 Å². The number of carbonyl (C=O) groups excluding carboxylic acids is 3. The minimum absolute atomic E-state index is 0.0176. The number of H-pyrrole nitrogens is 1. The number of carbonyl (C=O) groups is 4. The average Bonchev–Trinajstić information content (AvgIpc) is 3.41. The molecule has 3 amide bonds. The molecule has 3 atom stereocenters. The minimum Gasteiger partial charge on any atom is -0.508 e. The minimum atomic E-state index is -1.25. The summed E-state index contributed by atoms with van der Waals surface area (Å²) in [6, 6.07) is 11.7. The lowest BCUT2D eigenvalue weighted by Crippen LogP contribution is -2.54. The number of carboxylic acid groups (broad SMARTS) is 1. The number of rotatable bonds is 13. The monoisotopic (exact) mass is 522 g/mol. The molecule has 38 heavy (non-hydrogen) atoms. The van der Waals surface area contributed by atoms with Crippen molar-refractivity contribution < 1.29 is 29.4 Å². The maximum atomic E-state index is 13.0. The molecule has 8 N–H and O–H groups in total. The van der Waals surface area contributed by atoms with Gasteiger partial charge in [-0.05, 0) is 23.3 Å². The lowest BCUT2D eigenvalue weighted by molar-refractivity contribution is -0.141. The third kappa shape index (κ3) is 8.75. The zero-order valence-corrected chi connectivity index (χ0v) is 20.5. The van der Waals surface area contributed by atoms with Crippen molar-refractivity contribution in [1.29, 1.82) is 0 Å². The molecular weight excluding hydrogens is 492 g/mol. The summed E-state index contributed by atoms with van der Waals surface area (Å²) in [4.78, 5) is 56.5. The van der Waals surface area contributed by atoms with Gasteiger partial charge >= 0.3 is 5.97 Å². The maximum Gasteiger partial charge on any atom is 0.326 e. The van der Waals surface area contributed by atoms with Crippen LogP contribution in [0.15, 0.2) is 67.1 Å². The van der Waals surface area contributed by atoms with Gasteiger partial charge in [-0.2, -0.15) is 0 Å². The normalized spacial score (nSPS) is 13.1. The Morgan fingerprint density at radius 1 is 0.868 bits per heavy atom. The number of hydrogen-bond donors (Lipinski definition) is 7. The van der Waals surface area contributed by atoms with Crippen LogP contribution in [0.5, 0.6) is 5.75 Å². The van der Waals surface area contributed by atoms with E-state index in [2.05, 4.69) is 25.9 Å². The molecule has 2 aromatic carbocycles. The Morgan fingerprint density at radius 3 is 2.16 bits per heavy atom. The van der Waals surface area contributed by atoms with E-state index in [1.54, 1.807) is 42.6 Å². The quantitative estimate of drug-likeness (QED) is 0.158. The maximum absolute atomic E-state index is 13.0. The number of aromatic nitrogens is 2. The van der Waals surface area contributed by atoms with Crippen molar-refractivity contribution in [2.24, 2.45) is 5.73 Å². The number of benzene rings is 2. The van der Waals surface area contributed by atoms with E-state index in [4.69, 9.17) is 5.73 Å². The van der Waals surface area contributed by atoms with Gasteiger partial charge in [0.2, 0.25) is 17.7 Å². The molecule has 0 saturated heterocycles. The summed E-state index contributed by atoms with van der Waals surface area (Å²) in [6.45, 7) is -0.500. The summed E-state index contributed by atoms with van der Waals surface area (Å²) >= 11 is 0. The van der Waals surface area contributed by atoms with Crippen molar-refractivity contribution >= 4 is 23.7 Å². The largest absolute Gasteiger partial charge is 0.508 e. The van der Waals surface area contributed by atoms with E-state index in [0.29, 0.717) is 11.3 Å². The molecule has 0 saturated carbocycles. The average molecular weight is 523 g/mol. The van der Waals surface area contributed by atoms with Gasteiger partial charge in [0.25, 0.3) is 0 Å². The molecule has 0 aliphatic carbocycles. The molecule has 0 fully saturated rings. The highest BCUT2D eigenvalue weighted by Crippen LogP contribution is 2.11. The molecule has 1 heterocycles. The standard InChI is InChI=1S/C26H30N6O6/c27-20(12-18-13-28-15-30-18)24(35)32-21(10-16-4-2-1-3-5-16)25(36)29-14-23(34)31-22(26(37)38)11-17-6-8-19(33)9-7-17/h1-9,13,15,20-22,33H,10-12,14,27H2,(H,28,30)(H,29,36)(H,31,34)(H,32,35)(H,37,38). The highest BCUT2D eigenvalue weighted by molar-refractivity contribution is 5.92. The van der Waals surface area contributed by atoms with Gasteiger partial charge in [0, 0.05) is 31.2 Å². The van der Waals surface area contributed by atoms with Gasteiger partial charge in [-0.1, -0.05) is 42.5 Å². The molecule has 0 bridgehead atoms. The number of phenols is 1. The molecule has 0 radical (unpaired) electrons. The molecule has 3 rings (SSSR count). The second-order valence-electron chi connectivity index (χ2n) is 8.69. The Balaban J connectivity index is 1.59. The van der Waals surface area contributed by atoms with E-state index in [1.165, 1.54) is 18.5 Å². The van der Waals surface area contributed by atoms with Crippen molar-refractivity contribution in [2.75, 3.05) is 6.54 Å². The van der Waals surface area contributed by atoms with Crippen LogP contribution in [0.1, 0.15) is 16.8 Å². The number of hydrogen-bond acceptors (Lipinski definition) is 7. The molecular formula is C26H30N6O6. The lowest BCUT2D eigenvalue weighted by atomic mass is 10.0. The molecule has 0 aliphatic heterocycles. The number of imidazole rings is 1. The zero-order valence-electron chi connectivity index (χ0n) is 20.5. The van der Waals surface area contributed by atoms with Crippen molar-refractivity contribution in [1.82, 2.24) is 25.9 Å². The number of aromatic amines is 1. The van der Waals surface area contributed by atoms with Crippen molar-refractivity contribution in [3.63, 3.8) is 0 Å². The van der Waals surface area contributed by atoms with Crippen LogP contribution in [0.25, 0.3) is 0 Å². The van der Waals surface area contributed by atoms with Crippen molar-refractivity contribution in [2.45, 2.75) is 37.4 Å². The number of carboxylic acids is 1. The molecule has 12 heteroatoms. The van der Waals surface area contributed by atoms with Gasteiger partial charge in [-0.3, -0.25) is 14.4 Å². The van der Waals surface area contributed by atoms with Gasteiger partial charge < -0.3 is 36.9 Å². The van der Waals surface area contributed by atoms with E-state index >= 15 is 0 Å². The molecule has 0 spiro atoms. The van der Waals surface area contributed by atoms with Crippen LogP contribution < -0.4 is 21.7 Å². The van der Waals surface area contributed by atoms with Crippen LogP contribution in [-0.2, 0) is 38.4 Å². The molecule has 1 aromatic heterocycles. The molecule has 0 aliphatic rings. The number of phenolic OH excluding ortho intramolecular Hbond substituents is 1. The number of aromatic hydroxyl groups is 1. The second-order valence-corrected chi connectivity index (χ2v) is 8.69. The Hall–Kier alpha value is -4.71. The summed E-state index contributed by atoms with van der Waals surface area (Å²) in [7, 11) is 0. The number of nitrogens with one attached hydrogen (secondary N) is 4. The predicted molar refractivity (Wildman–Crippen MR) is 137 cm³/mol. The highest BCUT2D eigenvalue weighted by Gasteiger charge is 2.26. The van der Waals surface area contributed by atoms with Crippen molar-refractivity contribution in [3.8, 4) is 5.75 Å². The third-order valence-corrected chi connectivity index (χ3v) is 5.68. The highest BCUT2D eigenvalue weighted by atomic mass is 16.4. The van der Waals surface area contributed by atoms with Crippen LogP contribution in [0.2, 0.25) is 0 Å². The summed E-state index contributed by atoms with van der Waals surface area (Å²) in [5.41, 5.74) is 8.03. The number of nitrogens with zero attached hydrogens (tertiary/aromatic N) is 1. The van der Waals surface area contributed by atoms with Gasteiger partial charge in [0.1, 0.15) is 17.8 Å². The molecule has 200 valence electrons. The third-order valence-electron chi connectivity index (χ3n) is 5.68. The first-order valence-electron chi connectivity index (χ1n) is 11.9. The summed E-state index contributed by atoms with van der Waals surface area (Å²) in [5.74, 6) is -3.12. The Labute approximate surface area is 218 Å². The predicted octanol–water partition coefficient (Wildman–Crippen LogP) is -0.359. The number of amides is 3. The number of aliphatic carboxylic acids is 1. The van der Waals surface area contributed by atoms with E-state index in [0.717, 1.165) is 5.56 Å². The fraction of sp³-hybridized carbons (Fsp3) is 0.269. The van der Waals surface area contributed by atoms with E-state index < -0.39 is 48.4 Å². The second kappa shape index (κ2) is 13.6. The van der Waals surface area contributed by atoms with Crippen molar-refractivity contribution in [3.05, 3.63) is 83.9 Å². The first-order chi connectivity index (χ1) is 18.2. The molecule has 12 nitrogen and oxygen atoms in total. The van der Waals surface area contributed by atoms with E-state index in [-0.39, 0.29) is 25.0 Å². The Kier molecular flexibility index (Phi) is 9.94. The SMILES string of the molecule is NC(Cc1cnc[nH]1)C(=O)NC(Cc1ccccc1)C(=O)NCC(=O)NC(Cc1ccc(O)cc1)C(=O)O. The van der Waals surface area contributed by atoms with Crippen LogP contribution in [0.4, 0.5) is 0 Å². The summed E-state index contributed by atoms with van der Waals surface area (Å²) < 4.78 is 0. The van der Waals surface area contributed by atoms with Crippen LogP contribution in [-0.4, -0.2) is 68.5 Å². The molecule has 3 unspecified atom stereocenters. The zero-order chi connectivity index (χ0) is 27.5. The van der Waals surface area contributed by atoms with Crippen LogP contribution >= 0.6 is 0 Å². The van der Waals surface area contributed by atoms with E-state index in [9.17, 15) is 29.4 Å². The smallest absolute Gasteiger partial charge is 0.326 e. The van der Waals surface area contributed by atoms with Crippen LogP contribution in [0, 0.1) is 0 Å². The van der Waals surface area contributed by atoms with E-state index in [1.807, 2.05) is 6.07 Å². The van der Waals surface area contributed by atoms with Crippen LogP contribution in [0.3, 0.4) is 0 Å². The molecule has 3 aromatic rings. The topological polar surface area (TPSA) is 200 Å². The first kappa shape index (κ1) is 27.9. The lowest BCUT2D eigenvalue weighted by Gasteiger charge is -2.21. The van der Waals surface area contributed by atoms with Gasteiger partial charge in [0.15, 0.2) is 0 Å². The van der Waals surface area contributed by atoms with Gasteiger partial charge in [-0.15, -0.1) is 0 Å². The Bertz CT molecular complexity index is 1220. The summed E-state index contributed by atoms with van der Waals surface area (Å²) in [6.07, 6.45) is 3.33.